The first-order chi connectivity index (χ1) is 12.1. The van der Waals surface area contributed by atoms with E-state index in [4.69, 9.17) is 4.74 Å². The number of urea groups is 1. The monoisotopic (exact) mass is 375 g/mol. The van der Waals surface area contributed by atoms with Crippen molar-refractivity contribution in [1.29, 1.82) is 0 Å². The molecule has 0 aliphatic rings. The van der Waals surface area contributed by atoms with Crippen LogP contribution in [0.15, 0.2) is 0 Å². The number of esters is 1. The van der Waals surface area contributed by atoms with E-state index in [0.29, 0.717) is 13.0 Å². The molecule has 0 heterocycles. The van der Waals surface area contributed by atoms with Crippen molar-refractivity contribution in [3.8, 4) is 0 Å². The number of unbranched alkanes of at least 4 members (excludes halogenated alkanes) is 2. The van der Waals surface area contributed by atoms with E-state index >= 15 is 0 Å². The zero-order valence-corrected chi connectivity index (χ0v) is 17.3. The second kappa shape index (κ2) is 16.5. The molecule has 0 fully saturated rings. The summed E-state index contributed by atoms with van der Waals surface area (Å²) in [6.45, 7) is 8.27. The first kappa shape index (κ1) is 24.1. The van der Waals surface area contributed by atoms with Crippen LogP contribution < -0.4 is 10.6 Å². The van der Waals surface area contributed by atoms with Crippen LogP contribution in [0.2, 0.25) is 0 Å². The number of nitrogens with zero attached hydrogens (tertiary/aromatic N) is 1. The van der Waals surface area contributed by atoms with Crippen molar-refractivity contribution in [2.75, 3.05) is 45.3 Å². The normalized spacial score (nSPS) is 12.0. The second-order valence-electron chi connectivity index (χ2n) is 6.16. The summed E-state index contributed by atoms with van der Waals surface area (Å²) >= 11 is 1.64. The molecule has 0 aromatic heterocycles. The van der Waals surface area contributed by atoms with E-state index < -0.39 is 12.0 Å². The van der Waals surface area contributed by atoms with Crippen molar-refractivity contribution < 1.29 is 14.3 Å². The lowest BCUT2D eigenvalue weighted by molar-refractivity contribution is -0.142. The Morgan fingerprint density at radius 3 is 2.20 bits per heavy atom. The number of carbonyl (C=O) groups excluding carboxylic acids is 2. The third-order valence-corrected chi connectivity index (χ3v) is 4.64. The number of methoxy groups -OCH3 is 1. The summed E-state index contributed by atoms with van der Waals surface area (Å²) in [5.41, 5.74) is 0. The van der Waals surface area contributed by atoms with Gasteiger partial charge in [-0.3, -0.25) is 0 Å². The molecule has 0 aromatic carbocycles. The summed E-state index contributed by atoms with van der Waals surface area (Å²) in [7, 11) is 1.34. The zero-order valence-electron chi connectivity index (χ0n) is 16.4. The standard InChI is InChI=1S/C18H37N3O3S/c1-5-7-12-21(13-8-6-2)14-9-11-19-18(23)20-16(10-15-25-4)17(22)24-3/h16H,5-15H2,1-4H3,(H2,19,20,23). The quantitative estimate of drug-likeness (QED) is 0.340. The molecule has 0 bridgehead atoms. The molecule has 0 aliphatic heterocycles. The lowest BCUT2D eigenvalue weighted by atomic mass is 10.2. The highest BCUT2D eigenvalue weighted by molar-refractivity contribution is 7.98. The van der Waals surface area contributed by atoms with Crippen molar-refractivity contribution in [1.82, 2.24) is 15.5 Å². The van der Waals surface area contributed by atoms with Crippen LogP contribution in [0.1, 0.15) is 52.4 Å². The predicted octanol–water partition coefficient (Wildman–Crippen LogP) is 2.87. The predicted molar refractivity (Wildman–Crippen MR) is 106 cm³/mol. The molecule has 0 saturated carbocycles. The number of amides is 2. The molecule has 2 amide bonds. The summed E-state index contributed by atoms with van der Waals surface area (Å²) in [6.07, 6.45) is 8.29. The van der Waals surface area contributed by atoms with Crippen molar-refractivity contribution in [3.63, 3.8) is 0 Å². The fourth-order valence-corrected chi connectivity index (χ4v) is 2.91. The lowest BCUT2D eigenvalue weighted by Crippen LogP contribution is -2.47. The van der Waals surface area contributed by atoms with Gasteiger partial charge in [-0.05, 0) is 57.3 Å². The largest absolute Gasteiger partial charge is 0.467 e. The van der Waals surface area contributed by atoms with Gasteiger partial charge in [0.1, 0.15) is 6.04 Å². The maximum absolute atomic E-state index is 12.0. The highest BCUT2D eigenvalue weighted by Gasteiger charge is 2.20. The van der Waals surface area contributed by atoms with Gasteiger partial charge in [-0.15, -0.1) is 0 Å². The Morgan fingerprint density at radius 1 is 1.08 bits per heavy atom. The molecule has 2 N–H and O–H groups in total. The Hall–Kier alpha value is -0.950. The van der Waals surface area contributed by atoms with Gasteiger partial charge in [0, 0.05) is 6.54 Å². The molecule has 25 heavy (non-hydrogen) atoms. The molecule has 0 spiro atoms. The maximum Gasteiger partial charge on any atom is 0.328 e. The van der Waals surface area contributed by atoms with Crippen molar-refractivity contribution >= 4 is 23.8 Å². The van der Waals surface area contributed by atoms with Crippen LogP contribution in [0.3, 0.4) is 0 Å². The van der Waals surface area contributed by atoms with E-state index in [1.54, 1.807) is 11.8 Å². The van der Waals surface area contributed by atoms with Gasteiger partial charge in [0.2, 0.25) is 0 Å². The molecular formula is C18H37N3O3S. The zero-order chi connectivity index (χ0) is 18.9. The van der Waals surface area contributed by atoms with Gasteiger partial charge in [0.05, 0.1) is 7.11 Å². The van der Waals surface area contributed by atoms with E-state index in [1.165, 1.54) is 32.8 Å². The summed E-state index contributed by atoms with van der Waals surface area (Å²) < 4.78 is 4.75. The number of hydrogen-bond donors (Lipinski definition) is 2. The van der Waals surface area contributed by atoms with Crippen LogP contribution >= 0.6 is 11.8 Å². The summed E-state index contributed by atoms with van der Waals surface area (Å²) in [4.78, 5) is 26.1. The van der Waals surface area contributed by atoms with Crippen molar-refractivity contribution in [2.24, 2.45) is 0 Å². The van der Waals surface area contributed by atoms with E-state index in [-0.39, 0.29) is 6.03 Å². The first-order valence-electron chi connectivity index (χ1n) is 9.42. The summed E-state index contributed by atoms with van der Waals surface area (Å²) in [5.74, 6) is 0.402. The number of rotatable bonds is 15. The van der Waals surface area contributed by atoms with Gasteiger partial charge in [-0.25, -0.2) is 9.59 Å². The molecule has 7 heteroatoms. The van der Waals surface area contributed by atoms with E-state index in [0.717, 1.165) is 31.8 Å². The minimum Gasteiger partial charge on any atom is -0.467 e. The molecule has 148 valence electrons. The average Bonchev–Trinajstić information content (AvgIpc) is 2.62. The van der Waals surface area contributed by atoms with E-state index in [1.807, 2.05) is 6.26 Å². The van der Waals surface area contributed by atoms with Crippen LogP contribution in [-0.2, 0) is 9.53 Å². The molecule has 1 unspecified atom stereocenters. The Kier molecular flexibility index (Phi) is 15.9. The molecule has 1 atom stereocenters. The van der Waals surface area contributed by atoms with Crippen LogP contribution in [-0.4, -0.2) is 68.2 Å². The number of hydrogen-bond acceptors (Lipinski definition) is 5. The summed E-state index contributed by atoms with van der Waals surface area (Å²) in [5, 5.41) is 5.55. The lowest BCUT2D eigenvalue weighted by Gasteiger charge is -2.22. The fraction of sp³-hybridized carbons (Fsp3) is 0.889. The Morgan fingerprint density at radius 2 is 1.68 bits per heavy atom. The van der Waals surface area contributed by atoms with Crippen LogP contribution in [0, 0.1) is 0 Å². The highest BCUT2D eigenvalue weighted by Crippen LogP contribution is 2.03. The van der Waals surface area contributed by atoms with Gasteiger partial charge in [0.15, 0.2) is 0 Å². The number of ether oxygens (including phenoxy) is 1. The number of thioether (sulfide) groups is 1. The molecule has 0 radical (unpaired) electrons. The van der Waals surface area contributed by atoms with E-state index in [2.05, 4.69) is 29.4 Å². The Balaban J connectivity index is 4.09. The molecule has 0 aromatic rings. The fourth-order valence-electron chi connectivity index (χ4n) is 2.44. The minimum atomic E-state index is -0.581. The summed E-state index contributed by atoms with van der Waals surface area (Å²) in [6, 6.07) is -0.881. The molecular weight excluding hydrogens is 338 g/mol. The molecule has 0 aliphatic carbocycles. The maximum atomic E-state index is 12.0. The van der Waals surface area contributed by atoms with Crippen LogP contribution in [0.25, 0.3) is 0 Å². The SMILES string of the molecule is CCCCN(CCCC)CCCNC(=O)NC(CCSC)C(=O)OC. The molecule has 6 nitrogen and oxygen atoms in total. The van der Waals surface area contributed by atoms with Gasteiger partial charge in [0.25, 0.3) is 0 Å². The van der Waals surface area contributed by atoms with Crippen LogP contribution in [0.5, 0.6) is 0 Å². The van der Waals surface area contributed by atoms with Crippen molar-refractivity contribution in [2.45, 2.75) is 58.4 Å². The van der Waals surface area contributed by atoms with E-state index in [9.17, 15) is 9.59 Å². The van der Waals surface area contributed by atoms with Gasteiger partial charge < -0.3 is 20.3 Å². The number of carbonyl (C=O) groups is 2. The second-order valence-corrected chi connectivity index (χ2v) is 7.15. The smallest absolute Gasteiger partial charge is 0.328 e. The van der Waals surface area contributed by atoms with Gasteiger partial charge >= 0.3 is 12.0 Å². The average molecular weight is 376 g/mol. The molecule has 0 saturated heterocycles. The Labute approximate surface area is 157 Å². The first-order valence-corrected chi connectivity index (χ1v) is 10.8. The Bertz CT molecular complexity index is 348. The number of nitrogens with one attached hydrogen (secondary N) is 2. The van der Waals surface area contributed by atoms with Gasteiger partial charge in [-0.2, -0.15) is 11.8 Å². The van der Waals surface area contributed by atoms with Gasteiger partial charge in [-0.1, -0.05) is 26.7 Å². The van der Waals surface area contributed by atoms with Crippen molar-refractivity contribution in [3.05, 3.63) is 0 Å². The van der Waals surface area contributed by atoms with Crippen LogP contribution in [0.4, 0.5) is 4.79 Å². The minimum absolute atomic E-state index is 0.301. The third kappa shape index (κ3) is 13.0. The highest BCUT2D eigenvalue weighted by atomic mass is 32.2. The topological polar surface area (TPSA) is 70.7 Å². The molecule has 0 rings (SSSR count). The third-order valence-electron chi connectivity index (χ3n) is 3.99.